The van der Waals surface area contributed by atoms with E-state index in [4.69, 9.17) is 11.6 Å². The SMILES string of the molecule is Cc1ncc(S(=O)(=O)NC/C=C/CCl)s1. The van der Waals surface area contributed by atoms with Crippen LogP contribution in [0.25, 0.3) is 0 Å². The van der Waals surface area contributed by atoms with Crippen molar-refractivity contribution in [3.8, 4) is 0 Å². The van der Waals surface area contributed by atoms with Crippen molar-refractivity contribution in [1.29, 1.82) is 0 Å². The molecule has 0 spiro atoms. The molecule has 0 amide bonds. The summed E-state index contributed by atoms with van der Waals surface area (Å²) in [6.45, 7) is 2.00. The van der Waals surface area contributed by atoms with Gasteiger partial charge in [0.15, 0.2) is 4.21 Å². The number of aromatic nitrogens is 1. The molecule has 0 aliphatic carbocycles. The first-order valence-corrected chi connectivity index (χ1v) is 7.03. The van der Waals surface area contributed by atoms with Gasteiger partial charge in [-0.1, -0.05) is 12.2 Å². The summed E-state index contributed by atoms with van der Waals surface area (Å²) in [6.07, 6.45) is 4.70. The molecular weight excluding hydrogens is 256 g/mol. The van der Waals surface area contributed by atoms with Crippen molar-refractivity contribution < 1.29 is 8.42 Å². The van der Waals surface area contributed by atoms with Gasteiger partial charge in [0.1, 0.15) is 0 Å². The van der Waals surface area contributed by atoms with Gasteiger partial charge in [0.05, 0.1) is 11.2 Å². The van der Waals surface area contributed by atoms with Gasteiger partial charge in [-0.05, 0) is 6.92 Å². The number of halogens is 1. The Balaban J connectivity index is 2.64. The quantitative estimate of drug-likeness (QED) is 0.649. The number of hydrogen-bond acceptors (Lipinski definition) is 4. The van der Waals surface area contributed by atoms with Crippen LogP contribution in [0.15, 0.2) is 22.6 Å². The summed E-state index contributed by atoms with van der Waals surface area (Å²) in [5.74, 6) is 0.376. The minimum atomic E-state index is -3.41. The van der Waals surface area contributed by atoms with E-state index >= 15 is 0 Å². The summed E-state index contributed by atoms with van der Waals surface area (Å²) in [4.78, 5) is 3.89. The Labute approximate surface area is 98.0 Å². The molecule has 1 N–H and O–H groups in total. The van der Waals surface area contributed by atoms with Crippen molar-refractivity contribution in [2.45, 2.75) is 11.1 Å². The van der Waals surface area contributed by atoms with Gasteiger partial charge in [0.2, 0.25) is 0 Å². The maximum atomic E-state index is 11.6. The van der Waals surface area contributed by atoms with Crippen LogP contribution in [0.2, 0.25) is 0 Å². The number of nitrogens with zero attached hydrogens (tertiary/aromatic N) is 1. The maximum Gasteiger partial charge on any atom is 0.251 e. The Hall–Kier alpha value is -0.430. The van der Waals surface area contributed by atoms with Crippen molar-refractivity contribution in [3.05, 3.63) is 23.4 Å². The molecule has 0 aliphatic rings. The van der Waals surface area contributed by atoms with Crippen LogP contribution in [0, 0.1) is 6.92 Å². The Morgan fingerprint density at radius 3 is 2.87 bits per heavy atom. The molecule has 0 saturated heterocycles. The number of rotatable bonds is 5. The van der Waals surface area contributed by atoms with Crippen LogP contribution in [-0.2, 0) is 10.0 Å². The van der Waals surface area contributed by atoms with Gasteiger partial charge < -0.3 is 0 Å². The molecule has 0 aliphatic heterocycles. The Morgan fingerprint density at radius 1 is 1.60 bits per heavy atom. The smallest absolute Gasteiger partial charge is 0.249 e. The third-order valence-corrected chi connectivity index (χ3v) is 4.49. The third-order valence-electron chi connectivity index (χ3n) is 1.51. The molecule has 0 bridgehead atoms. The van der Waals surface area contributed by atoms with E-state index in [1.54, 1.807) is 19.1 Å². The molecule has 1 aromatic rings. The fraction of sp³-hybridized carbons (Fsp3) is 0.375. The van der Waals surface area contributed by atoms with Gasteiger partial charge in [-0.15, -0.1) is 22.9 Å². The molecule has 0 fully saturated rings. The minimum Gasteiger partial charge on any atom is -0.249 e. The molecule has 84 valence electrons. The third kappa shape index (κ3) is 3.90. The summed E-state index contributed by atoms with van der Waals surface area (Å²) in [6, 6.07) is 0. The lowest BCUT2D eigenvalue weighted by Crippen LogP contribution is -2.22. The summed E-state index contributed by atoms with van der Waals surface area (Å²) >= 11 is 6.55. The number of aryl methyl sites for hydroxylation is 1. The van der Waals surface area contributed by atoms with Gasteiger partial charge in [0.25, 0.3) is 10.0 Å². The zero-order chi connectivity index (χ0) is 11.3. The average molecular weight is 267 g/mol. The van der Waals surface area contributed by atoms with Crippen LogP contribution < -0.4 is 4.72 Å². The highest BCUT2D eigenvalue weighted by molar-refractivity contribution is 7.91. The van der Waals surface area contributed by atoms with E-state index in [9.17, 15) is 8.42 Å². The van der Waals surface area contributed by atoms with Gasteiger partial charge in [-0.2, -0.15) is 0 Å². The zero-order valence-electron chi connectivity index (χ0n) is 8.10. The molecule has 0 unspecified atom stereocenters. The average Bonchev–Trinajstić information content (AvgIpc) is 2.60. The highest BCUT2D eigenvalue weighted by Crippen LogP contribution is 2.16. The number of thiazole rings is 1. The Kier molecular flexibility index (Phi) is 4.72. The van der Waals surface area contributed by atoms with Crippen molar-refractivity contribution in [3.63, 3.8) is 0 Å². The van der Waals surface area contributed by atoms with Gasteiger partial charge >= 0.3 is 0 Å². The number of nitrogens with one attached hydrogen (secondary N) is 1. The molecule has 1 aromatic heterocycles. The van der Waals surface area contributed by atoms with E-state index in [1.807, 2.05) is 0 Å². The lowest BCUT2D eigenvalue weighted by molar-refractivity contribution is 0.587. The summed E-state index contributed by atoms with van der Waals surface area (Å²) in [5.41, 5.74) is 0. The zero-order valence-corrected chi connectivity index (χ0v) is 10.5. The molecule has 0 radical (unpaired) electrons. The van der Waals surface area contributed by atoms with Crippen LogP contribution in [-0.4, -0.2) is 25.8 Å². The van der Waals surface area contributed by atoms with E-state index in [1.165, 1.54) is 6.20 Å². The summed E-state index contributed by atoms with van der Waals surface area (Å²) in [7, 11) is -3.41. The van der Waals surface area contributed by atoms with E-state index < -0.39 is 10.0 Å². The minimum absolute atomic E-state index is 0.235. The molecule has 1 rings (SSSR count). The fourth-order valence-corrected chi connectivity index (χ4v) is 3.10. The first kappa shape index (κ1) is 12.6. The van der Waals surface area contributed by atoms with Crippen molar-refractivity contribution in [2.75, 3.05) is 12.4 Å². The predicted octanol–water partition coefficient (Wildman–Crippen LogP) is 1.52. The van der Waals surface area contributed by atoms with E-state index in [2.05, 4.69) is 9.71 Å². The van der Waals surface area contributed by atoms with Crippen LogP contribution in [0.1, 0.15) is 5.01 Å². The second-order valence-electron chi connectivity index (χ2n) is 2.68. The molecule has 7 heteroatoms. The monoisotopic (exact) mass is 266 g/mol. The van der Waals surface area contributed by atoms with E-state index in [-0.39, 0.29) is 10.8 Å². The lowest BCUT2D eigenvalue weighted by atomic mass is 10.5. The summed E-state index contributed by atoms with van der Waals surface area (Å²) < 4.78 is 25.9. The Morgan fingerprint density at radius 2 is 2.33 bits per heavy atom. The molecule has 0 atom stereocenters. The standard InChI is InChI=1S/C8H11ClN2O2S2/c1-7-10-6-8(14-7)15(12,13)11-5-3-2-4-9/h2-3,6,11H,4-5H2,1H3/b3-2+. The molecule has 1 heterocycles. The van der Waals surface area contributed by atoms with Crippen molar-refractivity contribution in [1.82, 2.24) is 9.71 Å². The van der Waals surface area contributed by atoms with Crippen molar-refractivity contribution >= 4 is 33.0 Å². The first-order valence-electron chi connectivity index (χ1n) is 4.19. The number of alkyl halides is 1. The van der Waals surface area contributed by atoms with Crippen LogP contribution in [0.5, 0.6) is 0 Å². The van der Waals surface area contributed by atoms with Crippen LogP contribution >= 0.6 is 22.9 Å². The topological polar surface area (TPSA) is 59.1 Å². The van der Waals surface area contributed by atoms with Crippen LogP contribution in [0.4, 0.5) is 0 Å². The summed E-state index contributed by atoms with van der Waals surface area (Å²) in [5, 5.41) is 0.728. The highest BCUT2D eigenvalue weighted by atomic mass is 35.5. The highest BCUT2D eigenvalue weighted by Gasteiger charge is 2.15. The molecule has 0 aromatic carbocycles. The largest absolute Gasteiger partial charge is 0.251 e. The maximum absolute atomic E-state index is 11.6. The van der Waals surface area contributed by atoms with Gasteiger partial charge in [-0.25, -0.2) is 18.1 Å². The molecule has 0 saturated carbocycles. The fourth-order valence-electron chi connectivity index (χ4n) is 0.841. The molecule has 15 heavy (non-hydrogen) atoms. The molecular formula is C8H11ClN2O2S2. The van der Waals surface area contributed by atoms with E-state index in [0.717, 1.165) is 16.3 Å². The first-order chi connectivity index (χ1) is 7.06. The van der Waals surface area contributed by atoms with E-state index in [0.29, 0.717) is 5.88 Å². The number of allylic oxidation sites excluding steroid dienone is 1. The van der Waals surface area contributed by atoms with Crippen LogP contribution in [0.3, 0.4) is 0 Å². The number of sulfonamides is 1. The normalized spacial score (nSPS) is 12.4. The van der Waals surface area contributed by atoms with Gasteiger partial charge in [0, 0.05) is 12.4 Å². The predicted molar refractivity (Wildman–Crippen MR) is 61.9 cm³/mol. The van der Waals surface area contributed by atoms with Gasteiger partial charge in [-0.3, -0.25) is 0 Å². The Bertz CT molecular complexity index is 439. The lowest BCUT2D eigenvalue weighted by Gasteiger charge is -1.99. The molecule has 4 nitrogen and oxygen atoms in total. The second kappa shape index (κ2) is 5.60. The number of hydrogen-bond donors (Lipinski definition) is 1. The second-order valence-corrected chi connectivity index (χ2v) is 6.21. The van der Waals surface area contributed by atoms with Crippen molar-refractivity contribution in [2.24, 2.45) is 0 Å².